The fourth-order valence-corrected chi connectivity index (χ4v) is 4.76. The molecule has 1 aromatic heterocycles. The van der Waals surface area contributed by atoms with Gasteiger partial charge in [0.1, 0.15) is 5.75 Å². The molecule has 0 unspecified atom stereocenters. The number of hydrogen-bond acceptors (Lipinski definition) is 3. The Morgan fingerprint density at radius 1 is 0.800 bits per heavy atom. The lowest BCUT2D eigenvalue weighted by Gasteiger charge is -2.14. The maximum Gasteiger partial charge on any atom is 0.344 e. The van der Waals surface area contributed by atoms with Gasteiger partial charge in [-0.1, -0.05) is 83.4 Å². The zero-order chi connectivity index (χ0) is 24.5. The van der Waals surface area contributed by atoms with Crippen LogP contribution in [0.2, 0.25) is 10.0 Å². The van der Waals surface area contributed by atoms with Gasteiger partial charge in [-0.15, -0.1) is 0 Å². The molecule has 0 saturated heterocycles. The highest BCUT2D eigenvalue weighted by Crippen LogP contribution is 2.35. The van der Waals surface area contributed by atoms with Crippen LogP contribution in [-0.4, -0.2) is 11.0 Å². The topological polar surface area (TPSA) is 39.2 Å². The number of fused-ring (bicyclic) bond motifs is 1. The van der Waals surface area contributed by atoms with Crippen molar-refractivity contribution in [3.8, 4) is 28.1 Å². The minimum atomic E-state index is -0.461. The summed E-state index contributed by atoms with van der Waals surface area (Å²) in [5.41, 5.74) is 6.22. The molecule has 0 N–H and O–H groups in total. The Hall–Kier alpha value is -3.66. The first-order valence-corrected chi connectivity index (χ1v) is 11.9. The third-order valence-corrected chi connectivity index (χ3v) is 6.40. The highest BCUT2D eigenvalue weighted by atomic mass is 35.5. The largest absolute Gasteiger partial charge is 0.422 e. The predicted octanol–water partition coefficient (Wildman–Crippen LogP) is 8.71. The first-order valence-electron chi connectivity index (χ1n) is 11.1. The van der Waals surface area contributed by atoms with Crippen molar-refractivity contribution >= 4 is 40.1 Å². The quantitative estimate of drug-likeness (QED) is 0.184. The molecular weight excluding hydrogens is 477 g/mol. The molecule has 0 radical (unpaired) electrons. The number of halogens is 2. The summed E-state index contributed by atoms with van der Waals surface area (Å²) in [5, 5.41) is 1.73. The lowest BCUT2D eigenvalue weighted by Crippen LogP contribution is -2.11. The van der Waals surface area contributed by atoms with Gasteiger partial charge in [-0.05, 0) is 61.4 Å². The highest BCUT2D eigenvalue weighted by molar-refractivity contribution is 6.36. The molecule has 0 spiro atoms. The Bertz CT molecular complexity index is 1580. The molecule has 1 heterocycles. The second-order valence-corrected chi connectivity index (χ2v) is 9.25. The van der Waals surface area contributed by atoms with Gasteiger partial charge in [0.2, 0.25) is 0 Å². The molecule has 5 aromatic rings. The standard InChI is InChI=1S/C30H21Cl2NO2/c1-18-14-19(2)29-24(15-18)25(17-27(33-29)23-13-12-21(31)16-26(23)32)30(34)35-28-11-7-6-10-22(28)20-8-4-3-5-9-20/h3-17H,1-2H3. The third kappa shape index (κ3) is 4.66. The summed E-state index contributed by atoms with van der Waals surface area (Å²) in [7, 11) is 0. The summed E-state index contributed by atoms with van der Waals surface area (Å²) in [6, 6.07) is 28.3. The van der Waals surface area contributed by atoms with Crippen LogP contribution >= 0.6 is 23.2 Å². The van der Waals surface area contributed by atoms with Gasteiger partial charge in [0, 0.05) is 21.5 Å². The molecule has 0 amide bonds. The number of hydrogen-bond donors (Lipinski definition) is 0. The first kappa shape index (κ1) is 23.1. The van der Waals surface area contributed by atoms with E-state index in [2.05, 4.69) is 0 Å². The number of carbonyl (C=O) groups is 1. The minimum Gasteiger partial charge on any atom is -0.422 e. The molecule has 0 aliphatic carbocycles. The maximum atomic E-state index is 13.7. The number of esters is 1. The van der Waals surface area contributed by atoms with Crippen LogP contribution in [0.5, 0.6) is 5.75 Å². The van der Waals surface area contributed by atoms with Crippen LogP contribution in [0, 0.1) is 13.8 Å². The number of rotatable bonds is 4. The lowest BCUT2D eigenvalue weighted by atomic mass is 9.99. The molecule has 0 aliphatic heterocycles. The fourth-order valence-electron chi connectivity index (χ4n) is 4.25. The van der Waals surface area contributed by atoms with Crippen molar-refractivity contribution in [1.29, 1.82) is 0 Å². The number of benzene rings is 4. The Morgan fingerprint density at radius 3 is 2.31 bits per heavy atom. The van der Waals surface area contributed by atoms with Gasteiger partial charge in [0.25, 0.3) is 0 Å². The van der Waals surface area contributed by atoms with Crippen molar-refractivity contribution in [3.63, 3.8) is 0 Å². The average Bonchev–Trinajstić information content (AvgIpc) is 2.84. The van der Waals surface area contributed by atoms with E-state index in [1.165, 1.54) is 0 Å². The van der Waals surface area contributed by atoms with Gasteiger partial charge in [0.15, 0.2) is 0 Å². The molecule has 5 heteroatoms. The van der Waals surface area contributed by atoms with Crippen molar-refractivity contribution in [2.24, 2.45) is 0 Å². The Labute approximate surface area is 213 Å². The Balaban J connectivity index is 1.66. The monoisotopic (exact) mass is 497 g/mol. The summed E-state index contributed by atoms with van der Waals surface area (Å²) in [6.07, 6.45) is 0. The molecule has 0 saturated carbocycles. The van der Waals surface area contributed by atoms with E-state index in [9.17, 15) is 4.79 Å². The summed E-state index contributed by atoms with van der Waals surface area (Å²) in [6.45, 7) is 3.98. The second kappa shape index (κ2) is 9.53. The summed E-state index contributed by atoms with van der Waals surface area (Å²) >= 11 is 12.6. The van der Waals surface area contributed by atoms with Gasteiger partial charge in [-0.25, -0.2) is 9.78 Å². The van der Waals surface area contributed by atoms with E-state index in [0.717, 1.165) is 33.2 Å². The van der Waals surface area contributed by atoms with E-state index in [-0.39, 0.29) is 0 Å². The van der Waals surface area contributed by atoms with Gasteiger partial charge >= 0.3 is 5.97 Å². The van der Waals surface area contributed by atoms with Gasteiger partial charge < -0.3 is 4.74 Å². The van der Waals surface area contributed by atoms with E-state index < -0.39 is 5.97 Å². The van der Waals surface area contributed by atoms with E-state index in [0.29, 0.717) is 32.6 Å². The molecule has 3 nitrogen and oxygen atoms in total. The van der Waals surface area contributed by atoms with Crippen molar-refractivity contribution in [3.05, 3.63) is 118 Å². The van der Waals surface area contributed by atoms with Crippen LogP contribution in [-0.2, 0) is 0 Å². The SMILES string of the molecule is Cc1cc(C)c2nc(-c3ccc(Cl)cc3Cl)cc(C(=O)Oc3ccccc3-c3ccccc3)c2c1. The number of carbonyl (C=O) groups excluding carboxylic acids is 1. The summed E-state index contributed by atoms with van der Waals surface area (Å²) < 4.78 is 5.99. The van der Waals surface area contributed by atoms with E-state index in [4.69, 9.17) is 32.9 Å². The van der Waals surface area contributed by atoms with E-state index in [1.807, 2.05) is 80.6 Å². The minimum absolute atomic E-state index is 0.422. The van der Waals surface area contributed by atoms with Gasteiger partial charge in [0.05, 0.1) is 21.8 Å². The molecule has 5 rings (SSSR count). The lowest BCUT2D eigenvalue weighted by molar-refractivity contribution is 0.0737. The highest BCUT2D eigenvalue weighted by Gasteiger charge is 2.20. The maximum absolute atomic E-state index is 13.7. The molecule has 0 atom stereocenters. The molecule has 0 fully saturated rings. The average molecular weight is 498 g/mol. The van der Waals surface area contributed by atoms with Crippen LogP contribution in [0.15, 0.2) is 91.0 Å². The van der Waals surface area contributed by atoms with E-state index in [1.54, 1.807) is 24.3 Å². The number of nitrogens with zero attached hydrogens (tertiary/aromatic N) is 1. The zero-order valence-corrected chi connectivity index (χ0v) is 20.7. The van der Waals surface area contributed by atoms with Crippen LogP contribution < -0.4 is 4.74 Å². The normalized spacial score (nSPS) is 11.0. The molecule has 0 aliphatic rings. The van der Waals surface area contributed by atoms with Crippen molar-refractivity contribution < 1.29 is 9.53 Å². The number of aryl methyl sites for hydroxylation is 2. The first-order chi connectivity index (χ1) is 16.9. The van der Waals surface area contributed by atoms with Crippen LogP contribution in [0.1, 0.15) is 21.5 Å². The summed E-state index contributed by atoms with van der Waals surface area (Å²) in [4.78, 5) is 18.5. The van der Waals surface area contributed by atoms with Crippen LogP contribution in [0.4, 0.5) is 0 Å². The fraction of sp³-hybridized carbons (Fsp3) is 0.0667. The third-order valence-electron chi connectivity index (χ3n) is 5.85. The second-order valence-electron chi connectivity index (χ2n) is 8.41. The van der Waals surface area contributed by atoms with Crippen molar-refractivity contribution in [2.45, 2.75) is 13.8 Å². The number of aromatic nitrogens is 1. The predicted molar refractivity (Wildman–Crippen MR) is 144 cm³/mol. The van der Waals surface area contributed by atoms with E-state index >= 15 is 0 Å². The van der Waals surface area contributed by atoms with Gasteiger partial charge in [-0.3, -0.25) is 0 Å². The Kier molecular flexibility index (Phi) is 6.29. The van der Waals surface area contributed by atoms with Gasteiger partial charge in [-0.2, -0.15) is 0 Å². The number of para-hydroxylation sites is 1. The molecular formula is C30H21Cl2NO2. The zero-order valence-electron chi connectivity index (χ0n) is 19.2. The summed E-state index contributed by atoms with van der Waals surface area (Å²) in [5.74, 6) is 0.0289. The van der Waals surface area contributed by atoms with Crippen molar-refractivity contribution in [2.75, 3.05) is 0 Å². The van der Waals surface area contributed by atoms with Crippen LogP contribution in [0.25, 0.3) is 33.3 Å². The molecule has 4 aromatic carbocycles. The number of ether oxygens (including phenoxy) is 1. The smallest absolute Gasteiger partial charge is 0.344 e. The number of pyridine rings is 1. The molecule has 172 valence electrons. The Morgan fingerprint density at radius 2 is 1.54 bits per heavy atom. The van der Waals surface area contributed by atoms with Crippen molar-refractivity contribution in [1.82, 2.24) is 4.98 Å². The molecule has 0 bridgehead atoms. The molecule has 35 heavy (non-hydrogen) atoms. The van der Waals surface area contributed by atoms with Crippen LogP contribution in [0.3, 0.4) is 0 Å².